The molecule has 0 aliphatic rings. The van der Waals surface area contributed by atoms with Crippen molar-refractivity contribution in [2.45, 2.75) is 6.56 Å². The molecule has 2 heteroatoms. The Hall–Kier alpha value is -0.860. The van der Waals surface area contributed by atoms with Gasteiger partial charge in [0, 0.05) is 0 Å². The number of benzene rings is 1. The van der Waals surface area contributed by atoms with Gasteiger partial charge in [-0.2, -0.15) is 0 Å². The van der Waals surface area contributed by atoms with Crippen LogP contribution < -0.4 is 0 Å². The summed E-state index contributed by atoms with van der Waals surface area (Å²) in [5.41, 5.74) is 0.462. The van der Waals surface area contributed by atoms with E-state index < -0.39 is 6.56 Å². The van der Waals surface area contributed by atoms with E-state index in [0.29, 0.717) is 5.56 Å². The van der Waals surface area contributed by atoms with Gasteiger partial charge in [-0.3, -0.25) is 0 Å². The van der Waals surface area contributed by atoms with Gasteiger partial charge in [-0.15, -0.1) is 0 Å². The molecule has 1 aromatic rings. The maximum atomic E-state index is 8.48. The van der Waals surface area contributed by atoms with Crippen LogP contribution in [0.1, 0.15) is 8.30 Å². The predicted octanol–water partition coefficient (Wildman–Crippen LogP) is 1.20. The fourth-order valence-corrected chi connectivity index (χ4v) is 0.686. The normalized spacial score (nSPS) is 13.9. The summed E-state index contributed by atoms with van der Waals surface area (Å²) in [5.74, 6) is 0. The Balaban J connectivity index is 2.69. The van der Waals surface area contributed by atoms with Crippen LogP contribution in [0.15, 0.2) is 30.3 Å². The first kappa shape index (κ1) is 5.75. The Labute approximate surface area is 69.2 Å². The van der Waals surface area contributed by atoms with E-state index in [1.165, 1.54) is 0 Å². The average molecular weight is 154 g/mol. The van der Waals surface area contributed by atoms with E-state index in [0.717, 1.165) is 0 Å². The van der Waals surface area contributed by atoms with Gasteiger partial charge < -0.3 is 9.84 Å². The number of aliphatic hydroxyl groups excluding tert-OH is 1. The summed E-state index contributed by atoms with van der Waals surface area (Å²) >= 11 is 0. The van der Waals surface area contributed by atoms with E-state index in [2.05, 4.69) is 0 Å². The second kappa shape index (κ2) is 4.88. The highest BCUT2D eigenvalue weighted by Crippen LogP contribution is 1.99. The molecule has 0 amide bonds. The molecule has 0 heterocycles. The van der Waals surface area contributed by atoms with E-state index >= 15 is 0 Å². The van der Waals surface area contributed by atoms with Crippen molar-refractivity contribution in [2.75, 3.05) is 13.2 Å². The van der Waals surface area contributed by atoms with Gasteiger partial charge in [0.15, 0.2) is 0 Å². The molecule has 0 aromatic heterocycles. The number of rotatable bonds is 4. The van der Waals surface area contributed by atoms with Gasteiger partial charge >= 0.3 is 0 Å². The molecule has 0 atom stereocenters. The lowest BCUT2D eigenvalue weighted by Crippen LogP contribution is -1.98. The van der Waals surface area contributed by atoms with Crippen LogP contribution in [0, 0.1) is 0 Å². The van der Waals surface area contributed by atoms with E-state index in [4.69, 9.17) is 12.6 Å². The van der Waals surface area contributed by atoms with Gasteiger partial charge in [0.05, 0.1) is 22.5 Å². The summed E-state index contributed by atoms with van der Waals surface area (Å²) in [7, 11) is 0. The van der Waals surface area contributed by atoms with E-state index in [1.807, 2.05) is 6.07 Å². The Morgan fingerprint density at radius 1 is 1.36 bits per heavy atom. The van der Waals surface area contributed by atoms with Crippen molar-refractivity contribution in [1.29, 1.82) is 0 Å². The first-order valence-corrected chi connectivity index (χ1v) is 3.47. The lowest BCUT2D eigenvalue weighted by Gasteiger charge is -2.00. The molecule has 0 radical (unpaired) electrons. The van der Waals surface area contributed by atoms with E-state index in [1.54, 1.807) is 24.3 Å². The third kappa shape index (κ3) is 3.16. The Morgan fingerprint density at radius 2 is 2.09 bits per heavy atom. The zero-order chi connectivity index (χ0) is 9.73. The second-order valence-electron chi connectivity index (χ2n) is 2.04. The van der Waals surface area contributed by atoms with Crippen molar-refractivity contribution in [1.82, 2.24) is 0 Å². The van der Waals surface area contributed by atoms with Crippen LogP contribution in [-0.4, -0.2) is 18.3 Å². The van der Waals surface area contributed by atoms with Gasteiger partial charge in [-0.25, -0.2) is 0 Å². The Bertz CT molecular complexity index is 249. The van der Waals surface area contributed by atoms with E-state index in [9.17, 15) is 0 Å². The average Bonchev–Trinajstić information content (AvgIpc) is 2.16. The fraction of sp³-hybridized carbons (Fsp3) is 0.333. The molecule has 0 bridgehead atoms. The van der Waals surface area contributed by atoms with E-state index in [-0.39, 0.29) is 13.2 Å². The topological polar surface area (TPSA) is 29.5 Å². The van der Waals surface area contributed by atoms with Gasteiger partial charge in [-0.1, -0.05) is 30.3 Å². The first-order chi connectivity index (χ1) is 6.17. The zero-order valence-corrected chi connectivity index (χ0v) is 6.16. The van der Waals surface area contributed by atoms with Crippen LogP contribution in [0.2, 0.25) is 0 Å². The third-order valence-corrected chi connectivity index (χ3v) is 1.16. The summed E-state index contributed by atoms with van der Waals surface area (Å²) in [5, 5.41) is 8.48. The largest absolute Gasteiger partial charge is 0.394 e. The Morgan fingerprint density at radius 3 is 2.73 bits per heavy atom. The molecular weight excluding hydrogens is 140 g/mol. The molecule has 11 heavy (non-hydrogen) atoms. The maximum absolute atomic E-state index is 8.48. The van der Waals surface area contributed by atoms with Crippen molar-refractivity contribution < 1.29 is 12.6 Å². The molecule has 0 saturated carbocycles. The molecule has 0 aliphatic carbocycles. The van der Waals surface area contributed by atoms with Crippen molar-refractivity contribution in [3.8, 4) is 0 Å². The molecule has 0 spiro atoms. The summed E-state index contributed by atoms with van der Waals surface area (Å²) in [6.45, 7) is -1.99. The molecule has 0 unspecified atom stereocenters. The van der Waals surface area contributed by atoms with Crippen LogP contribution in [0.5, 0.6) is 0 Å². The Kier molecular flexibility index (Phi) is 2.55. The lowest BCUT2D eigenvalue weighted by atomic mass is 10.2. The van der Waals surface area contributed by atoms with Gasteiger partial charge in [-0.05, 0) is 5.56 Å². The monoisotopic (exact) mass is 154 g/mol. The molecule has 1 N–H and O–H groups in total. The minimum absolute atomic E-state index is 0.00188. The molecule has 2 nitrogen and oxygen atoms in total. The maximum Gasteiger partial charge on any atom is 0.0718 e. The number of aliphatic hydroxyl groups is 1. The SMILES string of the molecule is [2H]C([2H])(OCCO)c1ccccc1. The summed E-state index contributed by atoms with van der Waals surface area (Å²) < 4.78 is 19.9. The lowest BCUT2D eigenvalue weighted by molar-refractivity contribution is 0.0815. The standard InChI is InChI=1S/C9H12O2/c10-6-7-11-8-9-4-2-1-3-5-9/h1-5,10H,6-8H2/i8D2. The molecule has 0 saturated heterocycles. The number of hydrogen-bond donors (Lipinski definition) is 1. The highest BCUT2D eigenvalue weighted by Gasteiger charge is 1.88. The molecule has 0 fully saturated rings. The highest BCUT2D eigenvalue weighted by atomic mass is 16.5. The van der Waals surface area contributed by atoms with Crippen LogP contribution in [0.4, 0.5) is 0 Å². The highest BCUT2D eigenvalue weighted by molar-refractivity contribution is 5.13. The minimum Gasteiger partial charge on any atom is -0.394 e. The minimum atomic E-state index is -1.82. The molecule has 60 valence electrons. The van der Waals surface area contributed by atoms with Gasteiger partial charge in [0.25, 0.3) is 0 Å². The van der Waals surface area contributed by atoms with Crippen LogP contribution in [0.25, 0.3) is 0 Å². The smallest absolute Gasteiger partial charge is 0.0718 e. The van der Waals surface area contributed by atoms with Gasteiger partial charge in [0.2, 0.25) is 0 Å². The van der Waals surface area contributed by atoms with Crippen molar-refractivity contribution in [3.05, 3.63) is 35.9 Å². The third-order valence-electron chi connectivity index (χ3n) is 1.16. The molecular formula is C9H12O2. The van der Waals surface area contributed by atoms with Crippen molar-refractivity contribution in [2.24, 2.45) is 0 Å². The quantitative estimate of drug-likeness (QED) is 0.706. The van der Waals surface area contributed by atoms with Gasteiger partial charge in [0.1, 0.15) is 0 Å². The van der Waals surface area contributed by atoms with Crippen LogP contribution >= 0.6 is 0 Å². The first-order valence-electron chi connectivity index (χ1n) is 4.47. The summed E-state index contributed by atoms with van der Waals surface area (Å²) in [4.78, 5) is 0. The second-order valence-corrected chi connectivity index (χ2v) is 2.04. The zero-order valence-electron chi connectivity index (χ0n) is 8.16. The predicted molar refractivity (Wildman–Crippen MR) is 43.2 cm³/mol. The summed E-state index contributed by atoms with van der Waals surface area (Å²) in [6, 6.07) is 8.60. The summed E-state index contributed by atoms with van der Waals surface area (Å²) in [6.07, 6.45) is 0. The molecule has 1 aromatic carbocycles. The van der Waals surface area contributed by atoms with Crippen LogP contribution in [0.3, 0.4) is 0 Å². The number of hydrogen-bond acceptors (Lipinski definition) is 2. The number of ether oxygens (including phenoxy) is 1. The fourth-order valence-electron chi connectivity index (χ4n) is 0.686. The molecule has 1 rings (SSSR count). The van der Waals surface area contributed by atoms with Crippen LogP contribution in [-0.2, 0) is 11.3 Å². The molecule has 0 aliphatic heterocycles. The van der Waals surface area contributed by atoms with Crippen molar-refractivity contribution >= 4 is 0 Å². The van der Waals surface area contributed by atoms with Crippen molar-refractivity contribution in [3.63, 3.8) is 0 Å².